The smallest absolute Gasteiger partial charge is 0.272 e. The highest BCUT2D eigenvalue weighted by molar-refractivity contribution is 5.92. The summed E-state index contributed by atoms with van der Waals surface area (Å²) in [7, 11) is 0. The zero-order chi connectivity index (χ0) is 19.0. The highest BCUT2D eigenvalue weighted by Crippen LogP contribution is 2.37. The molecule has 2 atom stereocenters. The quantitative estimate of drug-likeness (QED) is 0.895. The highest BCUT2D eigenvalue weighted by atomic mass is 19.3. The van der Waals surface area contributed by atoms with Crippen molar-refractivity contribution in [3.63, 3.8) is 0 Å². The Kier molecular flexibility index (Phi) is 4.80. The number of carbonyl (C=O) groups excluding carboxylic acids is 1. The molecule has 1 fully saturated rings. The van der Waals surface area contributed by atoms with E-state index in [2.05, 4.69) is 15.4 Å². The number of hydrogen-bond acceptors (Lipinski definition) is 4. The molecule has 0 aliphatic carbocycles. The molecule has 4 rings (SSSR count). The minimum absolute atomic E-state index is 0.0281. The second kappa shape index (κ2) is 7.25. The third-order valence-corrected chi connectivity index (χ3v) is 5.57. The lowest BCUT2D eigenvalue weighted by atomic mass is 9.85. The lowest BCUT2D eigenvalue weighted by Crippen LogP contribution is -2.46. The van der Waals surface area contributed by atoms with Gasteiger partial charge in [-0.2, -0.15) is 5.10 Å². The van der Waals surface area contributed by atoms with Crippen LogP contribution in [0.1, 0.15) is 41.5 Å². The number of nitrogens with zero attached hydrogens (tertiary/aromatic N) is 4. The van der Waals surface area contributed by atoms with E-state index in [0.717, 1.165) is 18.5 Å². The van der Waals surface area contributed by atoms with E-state index in [9.17, 15) is 13.6 Å². The standard InChI is InChI=1S/C19H23F2N5O/c1-12-10-17-23-15(11-16(18(20)21)26(17)24-12)13-5-8-25(9-6-13)19(27)14-4-2-3-7-22-14/h2-4,7,10,13,15-16,18,23H,5-6,8-9,11H2,1H3/t15-,16+/m0/s1. The highest BCUT2D eigenvalue weighted by Gasteiger charge is 2.38. The molecule has 2 aromatic rings. The molecule has 144 valence electrons. The Bertz CT molecular complexity index is 802. The number of hydrogen-bond donors (Lipinski definition) is 1. The third-order valence-electron chi connectivity index (χ3n) is 5.57. The number of carbonyl (C=O) groups is 1. The van der Waals surface area contributed by atoms with Crippen LogP contribution in [0.25, 0.3) is 0 Å². The molecule has 2 aromatic heterocycles. The normalized spacial score (nSPS) is 23.2. The van der Waals surface area contributed by atoms with Crippen molar-refractivity contribution < 1.29 is 13.6 Å². The topological polar surface area (TPSA) is 63.1 Å². The maximum Gasteiger partial charge on any atom is 0.272 e. The monoisotopic (exact) mass is 375 g/mol. The number of nitrogens with one attached hydrogen (secondary N) is 1. The van der Waals surface area contributed by atoms with Crippen molar-refractivity contribution >= 4 is 11.7 Å². The summed E-state index contributed by atoms with van der Waals surface area (Å²) in [5.41, 5.74) is 1.18. The molecule has 0 radical (unpaired) electrons. The largest absolute Gasteiger partial charge is 0.367 e. The van der Waals surface area contributed by atoms with Crippen LogP contribution in [0.2, 0.25) is 0 Å². The van der Waals surface area contributed by atoms with E-state index in [1.165, 1.54) is 4.68 Å². The van der Waals surface area contributed by atoms with Gasteiger partial charge >= 0.3 is 0 Å². The van der Waals surface area contributed by atoms with Crippen LogP contribution in [-0.2, 0) is 0 Å². The molecule has 0 spiro atoms. The summed E-state index contributed by atoms with van der Waals surface area (Å²) in [5.74, 6) is 0.855. The van der Waals surface area contributed by atoms with Crippen molar-refractivity contribution in [3.8, 4) is 0 Å². The summed E-state index contributed by atoms with van der Waals surface area (Å²) < 4.78 is 28.5. The van der Waals surface area contributed by atoms with E-state index in [1.54, 1.807) is 29.3 Å². The summed E-state index contributed by atoms with van der Waals surface area (Å²) in [6.45, 7) is 3.05. The van der Waals surface area contributed by atoms with Gasteiger partial charge in [-0.25, -0.2) is 13.5 Å². The Labute approximate surface area is 156 Å². The van der Waals surface area contributed by atoms with E-state index in [-0.39, 0.29) is 17.9 Å². The predicted molar refractivity (Wildman–Crippen MR) is 96.9 cm³/mol. The van der Waals surface area contributed by atoms with E-state index in [4.69, 9.17) is 0 Å². The SMILES string of the molecule is Cc1cc2n(n1)[C@@H](C(F)F)C[C@@H](C1CCN(C(=O)c3ccccn3)CC1)N2. The number of rotatable bonds is 3. The molecular formula is C19H23F2N5O. The van der Waals surface area contributed by atoms with E-state index >= 15 is 0 Å². The first-order valence-electron chi connectivity index (χ1n) is 9.34. The lowest BCUT2D eigenvalue weighted by Gasteiger charge is -2.40. The first-order valence-corrected chi connectivity index (χ1v) is 9.34. The van der Waals surface area contributed by atoms with Gasteiger partial charge in [-0.1, -0.05) is 6.07 Å². The summed E-state index contributed by atoms with van der Waals surface area (Å²) in [6.07, 6.45) is 1.10. The second-order valence-electron chi connectivity index (χ2n) is 7.35. The number of aryl methyl sites for hydroxylation is 1. The molecule has 1 N–H and O–H groups in total. The molecule has 0 saturated carbocycles. The van der Waals surface area contributed by atoms with Crippen LogP contribution in [-0.4, -0.2) is 51.1 Å². The first kappa shape index (κ1) is 17.9. The van der Waals surface area contributed by atoms with Crippen LogP contribution < -0.4 is 5.32 Å². The van der Waals surface area contributed by atoms with Gasteiger partial charge in [-0.3, -0.25) is 9.78 Å². The molecule has 2 aliphatic rings. The van der Waals surface area contributed by atoms with Crippen LogP contribution in [0.15, 0.2) is 30.5 Å². The van der Waals surface area contributed by atoms with Gasteiger partial charge in [-0.05, 0) is 44.2 Å². The van der Waals surface area contributed by atoms with Gasteiger partial charge in [0.2, 0.25) is 0 Å². The Hall–Kier alpha value is -2.51. The molecule has 2 aliphatic heterocycles. The Morgan fingerprint density at radius 3 is 2.74 bits per heavy atom. The van der Waals surface area contributed by atoms with Gasteiger partial charge in [0.1, 0.15) is 17.6 Å². The first-order chi connectivity index (χ1) is 13.0. The van der Waals surface area contributed by atoms with Gasteiger partial charge in [0.15, 0.2) is 0 Å². The summed E-state index contributed by atoms with van der Waals surface area (Å²) in [5, 5.41) is 7.62. The minimum Gasteiger partial charge on any atom is -0.367 e. The Morgan fingerprint density at radius 2 is 2.07 bits per heavy atom. The molecular weight excluding hydrogens is 352 g/mol. The Morgan fingerprint density at radius 1 is 1.30 bits per heavy atom. The van der Waals surface area contributed by atoms with Crippen LogP contribution >= 0.6 is 0 Å². The van der Waals surface area contributed by atoms with Crippen molar-refractivity contribution in [2.75, 3.05) is 18.4 Å². The fraction of sp³-hybridized carbons (Fsp3) is 0.526. The van der Waals surface area contributed by atoms with Crippen molar-refractivity contribution in [3.05, 3.63) is 41.9 Å². The average molecular weight is 375 g/mol. The number of aromatic nitrogens is 3. The average Bonchev–Trinajstić information content (AvgIpc) is 3.07. The molecule has 8 heteroatoms. The molecule has 4 heterocycles. The maximum atomic E-state index is 13.6. The number of amides is 1. The van der Waals surface area contributed by atoms with E-state index in [1.807, 2.05) is 13.0 Å². The van der Waals surface area contributed by atoms with Crippen LogP contribution in [0.4, 0.5) is 14.6 Å². The van der Waals surface area contributed by atoms with Crippen molar-refractivity contribution in [1.29, 1.82) is 0 Å². The zero-order valence-electron chi connectivity index (χ0n) is 15.2. The Balaban J connectivity index is 1.42. The molecule has 6 nitrogen and oxygen atoms in total. The lowest BCUT2D eigenvalue weighted by molar-refractivity contribution is 0.0537. The number of pyridine rings is 1. The number of fused-ring (bicyclic) bond motifs is 1. The predicted octanol–water partition coefficient (Wildman–Crippen LogP) is 3.13. The van der Waals surface area contributed by atoms with Crippen molar-refractivity contribution in [2.45, 2.75) is 44.7 Å². The number of alkyl halides is 2. The zero-order valence-corrected chi connectivity index (χ0v) is 15.2. The van der Waals surface area contributed by atoms with Crippen LogP contribution in [0.3, 0.4) is 0 Å². The fourth-order valence-corrected chi connectivity index (χ4v) is 4.16. The van der Waals surface area contributed by atoms with Gasteiger partial charge in [0, 0.05) is 31.4 Å². The number of piperidine rings is 1. The summed E-state index contributed by atoms with van der Waals surface area (Å²) >= 11 is 0. The van der Waals surface area contributed by atoms with Gasteiger partial charge in [0.05, 0.1) is 5.69 Å². The summed E-state index contributed by atoms with van der Waals surface area (Å²) in [6, 6.07) is 6.20. The fourth-order valence-electron chi connectivity index (χ4n) is 4.16. The number of likely N-dealkylation sites (tertiary alicyclic amines) is 1. The second-order valence-corrected chi connectivity index (χ2v) is 7.35. The number of anilines is 1. The molecule has 27 heavy (non-hydrogen) atoms. The van der Waals surface area contributed by atoms with E-state index < -0.39 is 12.5 Å². The van der Waals surface area contributed by atoms with Crippen LogP contribution in [0.5, 0.6) is 0 Å². The molecule has 0 unspecified atom stereocenters. The molecule has 0 bridgehead atoms. The third kappa shape index (κ3) is 3.52. The number of halogens is 2. The minimum atomic E-state index is -2.45. The van der Waals surface area contributed by atoms with Crippen molar-refractivity contribution in [1.82, 2.24) is 19.7 Å². The van der Waals surface area contributed by atoms with Crippen LogP contribution in [0, 0.1) is 12.8 Å². The maximum absolute atomic E-state index is 13.6. The molecule has 1 saturated heterocycles. The van der Waals surface area contributed by atoms with Gasteiger partial charge in [-0.15, -0.1) is 0 Å². The summed E-state index contributed by atoms with van der Waals surface area (Å²) in [4.78, 5) is 18.5. The van der Waals surface area contributed by atoms with E-state index in [0.29, 0.717) is 31.0 Å². The molecule has 1 amide bonds. The molecule has 0 aromatic carbocycles. The van der Waals surface area contributed by atoms with Crippen molar-refractivity contribution in [2.24, 2.45) is 5.92 Å². The van der Waals surface area contributed by atoms with Gasteiger partial charge in [0.25, 0.3) is 12.3 Å². The van der Waals surface area contributed by atoms with Gasteiger partial charge < -0.3 is 10.2 Å².